The van der Waals surface area contributed by atoms with E-state index in [9.17, 15) is 0 Å². The van der Waals surface area contributed by atoms with Crippen molar-refractivity contribution >= 4 is 23.1 Å². The summed E-state index contributed by atoms with van der Waals surface area (Å²) in [7, 11) is 0. The second-order valence-corrected chi connectivity index (χ2v) is 1.33. The van der Waals surface area contributed by atoms with E-state index in [1.807, 2.05) is 36.3 Å². The van der Waals surface area contributed by atoms with Crippen molar-refractivity contribution in [2.75, 3.05) is 0 Å². The first-order valence-corrected chi connectivity index (χ1v) is 2.66. The van der Waals surface area contributed by atoms with Crippen molar-refractivity contribution in [1.82, 2.24) is 0 Å². The Labute approximate surface area is 78.8 Å². The molecule has 0 saturated carbocycles. The van der Waals surface area contributed by atoms with Crippen LogP contribution < -0.4 is 0 Å². The molecule has 0 aliphatic carbocycles. The fourth-order valence-corrected chi connectivity index (χ4v) is 0.342. The Kier molecular flexibility index (Phi) is 13.9. The molecule has 0 amide bonds. The summed E-state index contributed by atoms with van der Waals surface area (Å²) >= 11 is 0. The Morgan fingerprint density at radius 2 is 1.60 bits per heavy atom. The van der Waals surface area contributed by atoms with Crippen molar-refractivity contribution in [3.63, 3.8) is 0 Å². The van der Waals surface area contributed by atoms with E-state index in [1.165, 1.54) is 0 Å². The summed E-state index contributed by atoms with van der Waals surface area (Å²) in [5.74, 6) is 2.00. The van der Waals surface area contributed by atoms with Crippen LogP contribution in [0.1, 0.15) is 6.92 Å². The van der Waals surface area contributed by atoms with Crippen LogP contribution in [-0.2, 0) is 0 Å². The number of hydrogen-bond donors (Lipinski definition) is 0. The van der Waals surface area contributed by atoms with Crippen LogP contribution in [0.15, 0.2) is 30.3 Å². The van der Waals surface area contributed by atoms with Crippen LogP contribution in [0.2, 0.25) is 0 Å². The minimum atomic E-state index is 0. The molecule has 0 unspecified atom stereocenters. The maximum absolute atomic E-state index is 5.96. The Hall–Kier alpha value is -0.454. The van der Waals surface area contributed by atoms with Crippen LogP contribution in [0.25, 0.3) is 0 Å². The van der Waals surface area contributed by atoms with E-state index in [4.69, 9.17) is 6.42 Å². The van der Waals surface area contributed by atoms with E-state index in [1.54, 1.807) is 6.92 Å². The van der Waals surface area contributed by atoms with Gasteiger partial charge < -0.3 is 12.3 Å². The van der Waals surface area contributed by atoms with Gasteiger partial charge >= 0.3 is 23.1 Å². The maximum atomic E-state index is 5.96. The molecule has 0 aliphatic heterocycles. The molecular formula is C9H8Mg. The molecule has 1 aromatic carbocycles. The largest absolute Gasteiger partial charge is 2.00 e. The van der Waals surface area contributed by atoms with Gasteiger partial charge in [-0.2, -0.15) is 36.4 Å². The quantitative estimate of drug-likeness (QED) is 0.292. The predicted molar refractivity (Wildman–Crippen MR) is 43.8 cm³/mol. The Morgan fingerprint density at radius 1 is 1.20 bits per heavy atom. The molecule has 0 N–H and O–H groups in total. The van der Waals surface area contributed by atoms with Crippen LogP contribution in [0.3, 0.4) is 0 Å². The first kappa shape index (κ1) is 12.2. The van der Waals surface area contributed by atoms with Gasteiger partial charge in [-0.1, -0.05) is 0 Å². The molecule has 1 rings (SSSR count). The number of hydrogen-bond acceptors (Lipinski definition) is 0. The average Bonchev–Trinajstić information content (AvgIpc) is 1.93. The molecule has 1 aromatic rings. The summed E-state index contributed by atoms with van der Waals surface area (Å²) < 4.78 is 0. The van der Waals surface area contributed by atoms with Crippen LogP contribution in [0.5, 0.6) is 0 Å². The summed E-state index contributed by atoms with van der Waals surface area (Å²) in [6.45, 7) is 1.54. The molecule has 0 aliphatic rings. The van der Waals surface area contributed by atoms with E-state index in [0.29, 0.717) is 0 Å². The van der Waals surface area contributed by atoms with Gasteiger partial charge in [-0.15, -0.1) is 0 Å². The van der Waals surface area contributed by atoms with Crippen molar-refractivity contribution in [1.29, 1.82) is 0 Å². The molecule has 0 atom stereocenters. The summed E-state index contributed by atoms with van der Waals surface area (Å²) in [4.78, 5) is 0. The summed E-state index contributed by atoms with van der Waals surface area (Å²) in [5, 5.41) is 0. The van der Waals surface area contributed by atoms with Gasteiger partial charge in [-0.3, -0.25) is 0 Å². The topological polar surface area (TPSA) is 0 Å². The molecule has 0 radical (unpaired) electrons. The molecular weight excluding hydrogens is 132 g/mol. The zero-order valence-corrected chi connectivity index (χ0v) is 7.51. The van der Waals surface area contributed by atoms with Crippen molar-refractivity contribution in [3.05, 3.63) is 42.8 Å². The van der Waals surface area contributed by atoms with Crippen LogP contribution in [0, 0.1) is 18.4 Å². The van der Waals surface area contributed by atoms with E-state index in [-0.39, 0.29) is 23.1 Å². The predicted octanol–water partition coefficient (Wildman–Crippen LogP) is 1.70. The van der Waals surface area contributed by atoms with Gasteiger partial charge in [0.1, 0.15) is 0 Å². The van der Waals surface area contributed by atoms with Crippen molar-refractivity contribution in [2.24, 2.45) is 0 Å². The molecule has 10 heavy (non-hydrogen) atoms. The first-order valence-electron chi connectivity index (χ1n) is 2.66. The number of benzene rings is 1. The van der Waals surface area contributed by atoms with E-state index in [0.717, 1.165) is 0 Å². The van der Waals surface area contributed by atoms with Gasteiger partial charge in [-0.05, 0) is 6.92 Å². The maximum Gasteiger partial charge on any atom is 2.00 e. The Morgan fingerprint density at radius 3 is 1.70 bits per heavy atom. The third-order valence-electron chi connectivity index (χ3n) is 0.607. The molecule has 0 aromatic heterocycles. The van der Waals surface area contributed by atoms with Crippen LogP contribution in [-0.4, -0.2) is 23.1 Å². The van der Waals surface area contributed by atoms with E-state index < -0.39 is 0 Å². The van der Waals surface area contributed by atoms with Gasteiger partial charge in [-0.25, -0.2) is 0 Å². The van der Waals surface area contributed by atoms with Crippen molar-refractivity contribution < 1.29 is 0 Å². The smallest absolute Gasteiger partial charge is 0.694 e. The van der Waals surface area contributed by atoms with Crippen LogP contribution >= 0.6 is 0 Å². The fourth-order valence-electron chi connectivity index (χ4n) is 0.342. The zero-order chi connectivity index (χ0) is 6.95. The second-order valence-electron chi connectivity index (χ2n) is 1.33. The molecule has 0 spiro atoms. The van der Waals surface area contributed by atoms with Gasteiger partial charge in [0.2, 0.25) is 0 Å². The molecule has 0 heterocycles. The molecule has 0 nitrogen and oxygen atoms in total. The monoisotopic (exact) mass is 140 g/mol. The minimum absolute atomic E-state index is 0. The minimum Gasteiger partial charge on any atom is -0.694 e. The van der Waals surface area contributed by atoms with E-state index >= 15 is 0 Å². The molecule has 46 valence electrons. The van der Waals surface area contributed by atoms with Gasteiger partial charge in [0.15, 0.2) is 0 Å². The summed E-state index contributed by atoms with van der Waals surface area (Å²) in [5.41, 5.74) is 0. The van der Waals surface area contributed by atoms with Crippen molar-refractivity contribution in [3.8, 4) is 5.92 Å². The molecule has 0 fully saturated rings. The Bertz CT molecular complexity index is 135. The van der Waals surface area contributed by atoms with Gasteiger partial charge in [0.05, 0.1) is 0 Å². The van der Waals surface area contributed by atoms with Crippen molar-refractivity contribution in [2.45, 2.75) is 6.92 Å². The molecule has 0 bridgehead atoms. The van der Waals surface area contributed by atoms with Crippen LogP contribution in [0.4, 0.5) is 0 Å². The average molecular weight is 140 g/mol. The summed E-state index contributed by atoms with van der Waals surface area (Å²) in [6.07, 6.45) is 5.96. The standard InChI is InChI=1S/C6H5.C3H3.Mg/c1-2-4-6-5-3-1;1-3-2;/h1-5H;1H3;/q2*-1;+2. The molecule has 0 saturated heterocycles. The SMILES string of the molecule is [C-]#CC.[Mg+2].[c-]1ccccc1. The second kappa shape index (κ2) is 11.4. The van der Waals surface area contributed by atoms with Gasteiger partial charge in [0, 0.05) is 0 Å². The van der Waals surface area contributed by atoms with E-state index in [2.05, 4.69) is 6.07 Å². The first-order chi connectivity index (χ1) is 4.41. The Balaban J connectivity index is 0. The molecule has 1 heteroatoms. The van der Waals surface area contributed by atoms with Gasteiger partial charge in [0.25, 0.3) is 0 Å². The zero-order valence-electron chi connectivity index (χ0n) is 6.09. The number of rotatable bonds is 0. The fraction of sp³-hybridized carbons (Fsp3) is 0.111. The normalized spacial score (nSPS) is 5.60. The third-order valence-corrected chi connectivity index (χ3v) is 0.607. The third kappa shape index (κ3) is 10.5. The summed E-state index contributed by atoms with van der Waals surface area (Å²) in [6, 6.07) is 12.5.